The second kappa shape index (κ2) is 8.15. The normalized spacial score (nSPS) is 18.8. The first-order chi connectivity index (χ1) is 12.0. The lowest BCUT2D eigenvalue weighted by atomic mass is 9.83. The summed E-state index contributed by atoms with van der Waals surface area (Å²) in [5, 5.41) is 0. The van der Waals surface area contributed by atoms with Crippen LogP contribution in [-0.4, -0.2) is 19.3 Å². The highest BCUT2D eigenvalue weighted by Gasteiger charge is 2.37. The molecular formula is C23H30N2. The van der Waals surface area contributed by atoms with Crippen molar-refractivity contribution >= 4 is 11.4 Å². The number of nitrogens with zero attached hydrogens (tertiary/aromatic N) is 2. The van der Waals surface area contributed by atoms with Gasteiger partial charge >= 0.3 is 0 Å². The third-order valence-corrected chi connectivity index (χ3v) is 4.61. The molecule has 0 spiro atoms. The van der Waals surface area contributed by atoms with Crippen LogP contribution >= 0.6 is 0 Å². The molecular weight excluding hydrogens is 304 g/mol. The molecule has 0 amide bonds. The summed E-state index contributed by atoms with van der Waals surface area (Å²) in [5.74, 6) is 0. The van der Waals surface area contributed by atoms with Crippen molar-refractivity contribution in [1.29, 1.82) is 0 Å². The van der Waals surface area contributed by atoms with Crippen molar-refractivity contribution < 1.29 is 0 Å². The smallest absolute Gasteiger partial charge is 0.0574 e. The van der Waals surface area contributed by atoms with E-state index >= 15 is 0 Å². The molecule has 25 heavy (non-hydrogen) atoms. The third kappa shape index (κ3) is 3.84. The number of hydrogen-bond acceptors (Lipinski definition) is 2. The standard InChI is InChI=1S/C21H24N2.C2H6/c1-5-22-17-13-10-16(11-14-17)12-15-20-21(2,3)18-8-6-7-9-19(18)23(20)4;1-2/h6-15H,5H2,1-4H3;1-2H3. The minimum Gasteiger partial charge on any atom is -0.347 e. The highest BCUT2D eigenvalue weighted by molar-refractivity contribution is 6.05. The number of rotatable bonds is 2. The van der Waals surface area contributed by atoms with E-state index in [-0.39, 0.29) is 5.41 Å². The number of allylic oxidation sites excluding steroid dienone is 8. The quantitative estimate of drug-likeness (QED) is 0.663. The molecule has 0 N–H and O–H groups in total. The second-order valence-electron chi connectivity index (χ2n) is 6.49. The fourth-order valence-electron chi connectivity index (χ4n) is 3.35. The SMILES string of the molecule is CC.CCN=C1C=CC(=CC=C2N(C)c3ccccc3C2(C)C)C=C1. The van der Waals surface area contributed by atoms with E-state index in [0.717, 1.165) is 12.3 Å². The molecule has 3 rings (SSSR count). The van der Waals surface area contributed by atoms with Crippen molar-refractivity contribution in [3.05, 3.63) is 77.6 Å². The Morgan fingerprint density at radius 2 is 1.64 bits per heavy atom. The Hall–Kier alpha value is -2.35. The Labute approximate surface area is 153 Å². The van der Waals surface area contributed by atoms with E-state index in [1.54, 1.807) is 0 Å². The molecule has 0 radical (unpaired) electrons. The highest BCUT2D eigenvalue weighted by Crippen LogP contribution is 2.46. The summed E-state index contributed by atoms with van der Waals surface area (Å²) < 4.78 is 0. The number of hydrogen-bond donors (Lipinski definition) is 0. The minimum atomic E-state index is 0.0271. The van der Waals surface area contributed by atoms with Gasteiger partial charge in [-0.05, 0) is 42.4 Å². The lowest BCUT2D eigenvalue weighted by molar-refractivity contribution is 0.640. The van der Waals surface area contributed by atoms with Gasteiger partial charge in [0.1, 0.15) is 0 Å². The molecule has 0 fully saturated rings. The van der Waals surface area contributed by atoms with Gasteiger partial charge in [0.15, 0.2) is 0 Å². The summed E-state index contributed by atoms with van der Waals surface area (Å²) in [7, 11) is 2.15. The maximum atomic E-state index is 4.41. The van der Waals surface area contributed by atoms with Crippen molar-refractivity contribution in [3.63, 3.8) is 0 Å². The Kier molecular flexibility index (Phi) is 6.19. The Morgan fingerprint density at radius 3 is 2.24 bits per heavy atom. The summed E-state index contributed by atoms with van der Waals surface area (Å²) >= 11 is 0. The van der Waals surface area contributed by atoms with E-state index < -0.39 is 0 Å². The first kappa shape index (κ1) is 19.0. The Bertz CT molecular complexity index is 740. The molecule has 1 aromatic carbocycles. The monoisotopic (exact) mass is 334 g/mol. The van der Waals surface area contributed by atoms with Gasteiger partial charge in [-0.2, -0.15) is 0 Å². The van der Waals surface area contributed by atoms with Crippen LogP contribution in [0.5, 0.6) is 0 Å². The average molecular weight is 335 g/mol. The van der Waals surface area contributed by atoms with Crippen molar-refractivity contribution in [1.82, 2.24) is 0 Å². The average Bonchev–Trinajstić information content (AvgIpc) is 2.83. The fourth-order valence-corrected chi connectivity index (χ4v) is 3.35. The van der Waals surface area contributed by atoms with E-state index in [4.69, 9.17) is 0 Å². The van der Waals surface area contributed by atoms with Crippen molar-refractivity contribution in [2.75, 3.05) is 18.5 Å². The Morgan fingerprint density at radius 1 is 1.00 bits per heavy atom. The van der Waals surface area contributed by atoms with Gasteiger partial charge in [-0.25, -0.2) is 0 Å². The second-order valence-corrected chi connectivity index (χ2v) is 6.49. The molecule has 1 heterocycles. The number of para-hydroxylation sites is 1. The Balaban J connectivity index is 0.00000109. The lowest BCUT2D eigenvalue weighted by Gasteiger charge is -2.23. The van der Waals surface area contributed by atoms with Crippen LogP contribution in [0.1, 0.15) is 40.2 Å². The van der Waals surface area contributed by atoms with E-state index in [2.05, 4.69) is 98.4 Å². The molecule has 132 valence electrons. The van der Waals surface area contributed by atoms with Crippen LogP contribution in [0, 0.1) is 0 Å². The summed E-state index contributed by atoms with van der Waals surface area (Å²) in [4.78, 5) is 6.71. The van der Waals surface area contributed by atoms with E-state index in [9.17, 15) is 0 Å². The third-order valence-electron chi connectivity index (χ3n) is 4.61. The molecule has 2 nitrogen and oxygen atoms in total. The van der Waals surface area contributed by atoms with Crippen LogP contribution in [-0.2, 0) is 5.41 Å². The van der Waals surface area contributed by atoms with Crippen LogP contribution in [0.3, 0.4) is 0 Å². The maximum absolute atomic E-state index is 4.41. The molecule has 0 unspecified atom stereocenters. The molecule has 0 saturated carbocycles. The summed E-state index contributed by atoms with van der Waals surface area (Å²) in [6.45, 7) is 11.5. The number of fused-ring (bicyclic) bond motifs is 1. The molecule has 2 heteroatoms. The first-order valence-electron chi connectivity index (χ1n) is 9.20. The minimum absolute atomic E-state index is 0.0271. The number of anilines is 1. The zero-order chi connectivity index (χ0) is 18.4. The summed E-state index contributed by atoms with van der Waals surface area (Å²) in [6.07, 6.45) is 12.8. The zero-order valence-electron chi connectivity index (χ0n) is 16.4. The van der Waals surface area contributed by atoms with E-state index in [1.165, 1.54) is 22.5 Å². The van der Waals surface area contributed by atoms with Crippen LogP contribution in [0.4, 0.5) is 5.69 Å². The molecule has 0 atom stereocenters. The van der Waals surface area contributed by atoms with Crippen LogP contribution in [0.25, 0.3) is 0 Å². The largest absolute Gasteiger partial charge is 0.347 e. The van der Waals surface area contributed by atoms with Gasteiger partial charge in [0.05, 0.1) is 5.71 Å². The predicted molar refractivity (Wildman–Crippen MR) is 112 cm³/mol. The topological polar surface area (TPSA) is 15.6 Å². The van der Waals surface area contributed by atoms with Crippen LogP contribution < -0.4 is 4.90 Å². The molecule has 0 aromatic heterocycles. The van der Waals surface area contributed by atoms with Crippen molar-refractivity contribution in [2.24, 2.45) is 4.99 Å². The van der Waals surface area contributed by atoms with Gasteiger partial charge in [0, 0.05) is 30.4 Å². The molecule has 1 aromatic rings. The maximum Gasteiger partial charge on any atom is 0.0574 e. The first-order valence-corrected chi connectivity index (χ1v) is 9.20. The molecule has 2 aliphatic rings. The number of likely N-dealkylation sites (N-methyl/N-ethyl adjacent to an activating group) is 1. The fraction of sp³-hybridized carbons (Fsp3) is 0.348. The molecule has 1 aliphatic heterocycles. The van der Waals surface area contributed by atoms with E-state index in [0.29, 0.717) is 0 Å². The number of aliphatic imine (C=N–C) groups is 1. The van der Waals surface area contributed by atoms with Gasteiger partial charge in [-0.15, -0.1) is 0 Å². The number of benzene rings is 1. The van der Waals surface area contributed by atoms with Gasteiger partial charge in [-0.1, -0.05) is 64.1 Å². The molecule has 0 saturated heterocycles. The lowest BCUT2D eigenvalue weighted by Crippen LogP contribution is -2.22. The highest BCUT2D eigenvalue weighted by atomic mass is 15.2. The van der Waals surface area contributed by atoms with E-state index in [1.807, 2.05) is 13.8 Å². The van der Waals surface area contributed by atoms with Gasteiger partial charge < -0.3 is 4.90 Å². The predicted octanol–water partition coefficient (Wildman–Crippen LogP) is 5.84. The summed E-state index contributed by atoms with van der Waals surface area (Å²) in [6, 6.07) is 8.65. The van der Waals surface area contributed by atoms with Gasteiger partial charge in [0.2, 0.25) is 0 Å². The van der Waals surface area contributed by atoms with Gasteiger partial charge in [-0.3, -0.25) is 4.99 Å². The summed E-state index contributed by atoms with van der Waals surface area (Å²) in [5.41, 5.74) is 6.28. The molecule has 0 bridgehead atoms. The van der Waals surface area contributed by atoms with Crippen molar-refractivity contribution in [3.8, 4) is 0 Å². The molecule has 1 aliphatic carbocycles. The van der Waals surface area contributed by atoms with Crippen LogP contribution in [0.2, 0.25) is 0 Å². The van der Waals surface area contributed by atoms with Crippen molar-refractivity contribution in [2.45, 2.75) is 40.0 Å². The van der Waals surface area contributed by atoms with Gasteiger partial charge in [0.25, 0.3) is 0 Å². The zero-order valence-corrected chi connectivity index (χ0v) is 16.4. The van der Waals surface area contributed by atoms with Crippen LogP contribution in [0.15, 0.2) is 77.0 Å².